The van der Waals surface area contributed by atoms with Gasteiger partial charge in [0.2, 0.25) is 0 Å². The predicted octanol–water partition coefficient (Wildman–Crippen LogP) is 5.51. The van der Waals surface area contributed by atoms with Gasteiger partial charge in [0.15, 0.2) is 0 Å². The first kappa shape index (κ1) is 23.9. The molecule has 30 heavy (non-hydrogen) atoms. The van der Waals surface area contributed by atoms with Crippen molar-refractivity contribution >= 4 is 31.9 Å². The lowest BCUT2D eigenvalue weighted by Gasteiger charge is -2.30. The second kappa shape index (κ2) is 10.2. The van der Waals surface area contributed by atoms with Gasteiger partial charge in [-0.1, -0.05) is 81.8 Å². The van der Waals surface area contributed by atoms with Gasteiger partial charge in [-0.25, -0.2) is 0 Å². The molecule has 0 spiro atoms. The van der Waals surface area contributed by atoms with E-state index >= 15 is 0 Å². The van der Waals surface area contributed by atoms with Crippen molar-refractivity contribution in [1.29, 1.82) is 0 Å². The van der Waals surface area contributed by atoms with Crippen LogP contribution in [0.15, 0.2) is 57.5 Å². The van der Waals surface area contributed by atoms with Gasteiger partial charge >= 0.3 is 0 Å². The van der Waals surface area contributed by atoms with Crippen LogP contribution in [0.25, 0.3) is 0 Å². The Hall–Kier alpha value is -0.760. The van der Waals surface area contributed by atoms with Crippen molar-refractivity contribution in [3.8, 4) is 0 Å². The second-order valence-electron chi connectivity index (χ2n) is 8.69. The molecule has 0 bridgehead atoms. The summed E-state index contributed by atoms with van der Waals surface area (Å²) in [5, 5.41) is 20.7. The Morgan fingerprint density at radius 3 is 1.30 bits per heavy atom. The van der Waals surface area contributed by atoms with Crippen LogP contribution < -0.4 is 11.5 Å². The van der Waals surface area contributed by atoms with Crippen molar-refractivity contribution in [1.82, 2.24) is 0 Å². The molecule has 0 saturated heterocycles. The molecule has 0 radical (unpaired) electrons. The molecule has 164 valence electrons. The number of rotatable bonds is 4. The molecule has 2 atom stereocenters. The first-order valence-corrected chi connectivity index (χ1v) is 12.3. The SMILES string of the molecule is NC(c1cccc(Br)c1)C1(O)CCCC1.N[C@@H](c1cccc(Br)c1)C1(O)CCCC1. The molecule has 6 N–H and O–H groups in total. The van der Waals surface area contributed by atoms with Crippen molar-refractivity contribution in [2.24, 2.45) is 11.5 Å². The number of benzene rings is 2. The number of halogens is 2. The minimum absolute atomic E-state index is 0.266. The van der Waals surface area contributed by atoms with Crippen molar-refractivity contribution in [2.75, 3.05) is 0 Å². The van der Waals surface area contributed by atoms with Crippen molar-refractivity contribution in [3.63, 3.8) is 0 Å². The van der Waals surface area contributed by atoms with Crippen LogP contribution >= 0.6 is 31.9 Å². The largest absolute Gasteiger partial charge is 0.388 e. The molecular weight excluding hydrogens is 508 g/mol. The third-order valence-electron chi connectivity index (χ3n) is 6.51. The number of nitrogens with two attached hydrogens (primary N) is 2. The van der Waals surface area contributed by atoms with Crippen molar-refractivity contribution in [3.05, 3.63) is 68.6 Å². The molecule has 2 aromatic rings. The van der Waals surface area contributed by atoms with E-state index in [1.807, 2.05) is 48.5 Å². The molecule has 2 aromatic carbocycles. The van der Waals surface area contributed by atoms with Gasteiger partial charge in [0.1, 0.15) is 0 Å². The summed E-state index contributed by atoms with van der Waals surface area (Å²) in [4.78, 5) is 0. The zero-order chi connectivity index (χ0) is 21.8. The lowest BCUT2D eigenvalue weighted by atomic mass is 9.88. The highest BCUT2D eigenvalue weighted by molar-refractivity contribution is 9.10. The molecule has 2 fully saturated rings. The summed E-state index contributed by atoms with van der Waals surface area (Å²) >= 11 is 6.84. The van der Waals surface area contributed by atoms with Gasteiger partial charge in [-0.2, -0.15) is 0 Å². The Bertz CT molecular complexity index is 764. The second-order valence-corrected chi connectivity index (χ2v) is 10.5. The number of hydrogen-bond acceptors (Lipinski definition) is 4. The van der Waals surface area contributed by atoms with Crippen LogP contribution in [0.1, 0.15) is 74.6 Å². The van der Waals surface area contributed by atoms with E-state index in [0.29, 0.717) is 0 Å². The summed E-state index contributed by atoms with van der Waals surface area (Å²) in [5.74, 6) is 0. The topological polar surface area (TPSA) is 92.5 Å². The summed E-state index contributed by atoms with van der Waals surface area (Å²) in [6, 6.07) is 15.2. The fourth-order valence-corrected chi connectivity index (χ4v) is 5.45. The van der Waals surface area contributed by atoms with Crippen LogP contribution in [0.4, 0.5) is 0 Å². The van der Waals surface area contributed by atoms with E-state index in [9.17, 15) is 10.2 Å². The van der Waals surface area contributed by atoms with E-state index in [1.165, 1.54) is 0 Å². The van der Waals surface area contributed by atoms with E-state index in [1.54, 1.807) is 0 Å². The molecule has 4 nitrogen and oxygen atoms in total. The van der Waals surface area contributed by atoms with Gasteiger partial charge in [0, 0.05) is 8.95 Å². The maximum atomic E-state index is 10.4. The molecule has 2 saturated carbocycles. The highest BCUT2D eigenvalue weighted by atomic mass is 79.9. The molecule has 1 unspecified atom stereocenters. The Morgan fingerprint density at radius 1 is 0.667 bits per heavy atom. The third kappa shape index (κ3) is 5.72. The summed E-state index contributed by atoms with van der Waals surface area (Å²) in [7, 11) is 0. The molecule has 4 rings (SSSR count). The van der Waals surface area contributed by atoms with Crippen LogP contribution in [0, 0.1) is 0 Å². The van der Waals surface area contributed by atoms with E-state index in [-0.39, 0.29) is 12.1 Å². The van der Waals surface area contributed by atoms with E-state index < -0.39 is 11.2 Å². The number of aliphatic hydroxyl groups is 2. The quantitative estimate of drug-likeness (QED) is 0.412. The zero-order valence-corrected chi connectivity index (χ0v) is 20.4. The molecule has 0 heterocycles. The fourth-order valence-electron chi connectivity index (χ4n) is 4.62. The number of hydrogen-bond donors (Lipinski definition) is 4. The van der Waals surface area contributed by atoms with E-state index in [0.717, 1.165) is 71.4 Å². The molecule has 0 aromatic heterocycles. The van der Waals surface area contributed by atoms with Gasteiger partial charge in [-0.3, -0.25) is 0 Å². The summed E-state index contributed by atoms with van der Waals surface area (Å²) in [5.41, 5.74) is 12.9. The third-order valence-corrected chi connectivity index (χ3v) is 7.50. The normalized spacial score (nSPS) is 21.5. The molecule has 2 aliphatic rings. The average Bonchev–Trinajstić information content (AvgIpc) is 3.37. The predicted molar refractivity (Wildman–Crippen MR) is 129 cm³/mol. The monoisotopic (exact) mass is 538 g/mol. The summed E-state index contributed by atoms with van der Waals surface area (Å²) < 4.78 is 2.02. The minimum atomic E-state index is -0.694. The first-order valence-electron chi connectivity index (χ1n) is 10.7. The highest BCUT2D eigenvalue weighted by Gasteiger charge is 2.38. The summed E-state index contributed by atoms with van der Waals surface area (Å²) in [6.45, 7) is 0. The van der Waals surface area contributed by atoms with Crippen LogP contribution in [0.2, 0.25) is 0 Å². The lowest BCUT2D eigenvalue weighted by molar-refractivity contribution is 0.0200. The van der Waals surface area contributed by atoms with Gasteiger partial charge in [-0.05, 0) is 61.1 Å². The Balaban J connectivity index is 0.000000171. The van der Waals surface area contributed by atoms with Crippen molar-refractivity contribution in [2.45, 2.75) is 74.7 Å². The Morgan fingerprint density at radius 2 is 1.00 bits per heavy atom. The minimum Gasteiger partial charge on any atom is -0.388 e. The van der Waals surface area contributed by atoms with Crippen LogP contribution in [0.5, 0.6) is 0 Å². The summed E-state index contributed by atoms with van der Waals surface area (Å²) in [6.07, 6.45) is 7.61. The van der Waals surface area contributed by atoms with E-state index in [4.69, 9.17) is 11.5 Å². The van der Waals surface area contributed by atoms with Crippen LogP contribution in [0.3, 0.4) is 0 Å². The zero-order valence-electron chi connectivity index (χ0n) is 17.2. The van der Waals surface area contributed by atoms with Gasteiger partial charge < -0.3 is 21.7 Å². The smallest absolute Gasteiger partial charge is 0.0839 e. The molecule has 6 heteroatoms. The lowest BCUT2D eigenvalue weighted by Crippen LogP contribution is -2.38. The maximum absolute atomic E-state index is 10.4. The standard InChI is InChI=1S/2C12H16BrNO/c2*13-10-5-3-4-9(8-10)11(14)12(15)6-1-2-7-12/h2*3-5,8,11,15H,1-2,6-7,14H2/t11-;/m0./s1. The molecule has 0 aliphatic heterocycles. The van der Waals surface area contributed by atoms with Gasteiger partial charge in [0.25, 0.3) is 0 Å². The Kier molecular flexibility index (Phi) is 8.15. The van der Waals surface area contributed by atoms with Gasteiger partial charge in [0.05, 0.1) is 23.3 Å². The Labute approximate surface area is 196 Å². The molecular formula is C24H32Br2N2O2. The average molecular weight is 540 g/mol. The fraction of sp³-hybridized carbons (Fsp3) is 0.500. The first-order chi connectivity index (χ1) is 14.2. The van der Waals surface area contributed by atoms with Crippen molar-refractivity contribution < 1.29 is 10.2 Å². The van der Waals surface area contributed by atoms with E-state index in [2.05, 4.69) is 31.9 Å². The van der Waals surface area contributed by atoms with Crippen LogP contribution in [-0.2, 0) is 0 Å². The molecule has 0 amide bonds. The maximum Gasteiger partial charge on any atom is 0.0839 e. The van der Waals surface area contributed by atoms with Crippen LogP contribution in [-0.4, -0.2) is 21.4 Å². The highest BCUT2D eigenvalue weighted by Crippen LogP contribution is 2.39. The van der Waals surface area contributed by atoms with Gasteiger partial charge in [-0.15, -0.1) is 0 Å². The molecule has 2 aliphatic carbocycles.